The molecule has 0 unspecified atom stereocenters. The summed E-state index contributed by atoms with van der Waals surface area (Å²) in [7, 11) is 0. The third-order valence-electron chi connectivity index (χ3n) is 2.31. The van der Waals surface area contributed by atoms with Gasteiger partial charge >= 0.3 is 6.18 Å². The molecule has 0 aliphatic heterocycles. The van der Waals surface area contributed by atoms with Crippen molar-refractivity contribution in [3.8, 4) is 0 Å². The zero-order valence-electron chi connectivity index (χ0n) is 9.36. The van der Waals surface area contributed by atoms with E-state index in [4.69, 9.17) is 0 Å². The van der Waals surface area contributed by atoms with Crippen LogP contribution in [0.5, 0.6) is 0 Å². The van der Waals surface area contributed by atoms with Gasteiger partial charge < -0.3 is 5.32 Å². The summed E-state index contributed by atoms with van der Waals surface area (Å²) >= 11 is 0. The molecule has 0 spiro atoms. The third kappa shape index (κ3) is 6.94. The summed E-state index contributed by atoms with van der Waals surface area (Å²) in [5, 5.41) is 3.02. The highest BCUT2D eigenvalue weighted by Crippen LogP contribution is 2.21. The lowest BCUT2D eigenvalue weighted by Crippen LogP contribution is -2.15. The monoisotopic (exact) mass is 249 g/mol. The molecule has 0 aliphatic rings. The fourth-order valence-electron chi connectivity index (χ4n) is 1.41. The number of nitrogens with one attached hydrogen (secondary N) is 1. The fraction of sp³-hybridized carbons (Fsp3) is 0.500. The lowest BCUT2D eigenvalue weighted by molar-refractivity contribution is -0.135. The minimum Gasteiger partial charge on any atom is -0.313 e. The Labute approximate surface area is 97.8 Å². The summed E-state index contributed by atoms with van der Waals surface area (Å²) < 4.78 is 48.0. The first-order valence-electron chi connectivity index (χ1n) is 5.49. The van der Waals surface area contributed by atoms with Crippen molar-refractivity contribution in [1.29, 1.82) is 0 Å². The van der Waals surface area contributed by atoms with Gasteiger partial charge in [0.05, 0.1) is 0 Å². The van der Waals surface area contributed by atoms with Crippen LogP contribution >= 0.6 is 0 Å². The van der Waals surface area contributed by atoms with E-state index in [0.717, 1.165) is 5.56 Å². The van der Waals surface area contributed by atoms with Crippen LogP contribution in [0.4, 0.5) is 17.6 Å². The Bertz CT molecular complexity index is 318. The standard InChI is InChI=1S/C12H15F4N/c13-11-5-3-10(4-6-11)9-17-8-2-1-7-12(14,15)16/h3-6,17H,1-2,7-9H2. The van der Waals surface area contributed by atoms with E-state index < -0.39 is 12.6 Å². The normalized spacial score (nSPS) is 11.8. The van der Waals surface area contributed by atoms with Crippen LogP contribution in [0, 0.1) is 5.82 Å². The number of alkyl halides is 3. The molecule has 1 N–H and O–H groups in total. The van der Waals surface area contributed by atoms with Crippen LogP contribution in [0.25, 0.3) is 0 Å². The van der Waals surface area contributed by atoms with Crippen molar-refractivity contribution in [2.24, 2.45) is 0 Å². The number of hydrogen-bond donors (Lipinski definition) is 1. The second-order valence-electron chi connectivity index (χ2n) is 3.88. The van der Waals surface area contributed by atoms with Crippen molar-refractivity contribution in [3.05, 3.63) is 35.6 Å². The predicted octanol–water partition coefficient (Wildman–Crippen LogP) is 3.65. The van der Waals surface area contributed by atoms with E-state index in [2.05, 4.69) is 5.32 Å². The molecule has 0 aliphatic carbocycles. The molecular weight excluding hydrogens is 234 g/mol. The summed E-state index contributed by atoms with van der Waals surface area (Å²) in [6.45, 7) is 1.08. The van der Waals surface area contributed by atoms with Crippen molar-refractivity contribution in [1.82, 2.24) is 5.32 Å². The quantitative estimate of drug-likeness (QED) is 0.599. The van der Waals surface area contributed by atoms with Gasteiger partial charge in [0.1, 0.15) is 5.82 Å². The first-order valence-corrected chi connectivity index (χ1v) is 5.49. The molecule has 1 rings (SSSR count). The van der Waals surface area contributed by atoms with Gasteiger partial charge in [0.15, 0.2) is 0 Å². The van der Waals surface area contributed by atoms with E-state index in [-0.39, 0.29) is 12.2 Å². The molecule has 0 aromatic heterocycles. The lowest BCUT2D eigenvalue weighted by atomic mass is 10.2. The fourth-order valence-corrected chi connectivity index (χ4v) is 1.41. The molecule has 0 heterocycles. The second kappa shape index (κ2) is 6.59. The van der Waals surface area contributed by atoms with E-state index in [1.165, 1.54) is 12.1 Å². The van der Waals surface area contributed by atoms with E-state index in [9.17, 15) is 17.6 Å². The van der Waals surface area contributed by atoms with Crippen LogP contribution in [-0.2, 0) is 6.54 Å². The van der Waals surface area contributed by atoms with Crippen LogP contribution in [0.2, 0.25) is 0 Å². The van der Waals surface area contributed by atoms with Crippen LogP contribution in [0.3, 0.4) is 0 Å². The van der Waals surface area contributed by atoms with Crippen LogP contribution in [-0.4, -0.2) is 12.7 Å². The Balaban J connectivity index is 2.07. The Kier molecular flexibility index (Phi) is 5.41. The van der Waals surface area contributed by atoms with E-state index in [0.29, 0.717) is 19.5 Å². The first kappa shape index (κ1) is 14.0. The van der Waals surface area contributed by atoms with Crippen LogP contribution < -0.4 is 5.32 Å². The van der Waals surface area contributed by atoms with Gasteiger partial charge in [-0.25, -0.2) is 4.39 Å². The van der Waals surface area contributed by atoms with Crippen molar-refractivity contribution >= 4 is 0 Å². The van der Waals surface area contributed by atoms with Gasteiger partial charge in [-0.15, -0.1) is 0 Å². The van der Waals surface area contributed by atoms with Crippen molar-refractivity contribution < 1.29 is 17.6 Å². The highest BCUT2D eigenvalue weighted by atomic mass is 19.4. The smallest absolute Gasteiger partial charge is 0.313 e. The van der Waals surface area contributed by atoms with Crippen molar-refractivity contribution in [2.45, 2.75) is 32.0 Å². The molecule has 0 radical (unpaired) electrons. The molecule has 1 aromatic rings. The van der Waals surface area contributed by atoms with E-state index >= 15 is 0 Å². The van der Waals surface area contributed by atoms with Gasteiger partial charge in [-0.3, -0.25) is 0 Å². The number of rotatable bonds is 6. The van der Waals surface area contributed by atoms with Crippen molar-refractivity contribution in [2.75, 3.05) is 6.54 Å². The van der Waals surface area contributed by atoms with E-state index in [1.54, 1.807) is 12.1 Å². The molecular formula is C12H15F4N. The Morgan fingerprint density at radius 1 is 1.00 bits per heavy atom. The summed E-state index contributed by atoms with van der Waals surface area (Å²) in [5.74, 6) is -0.293. The van der Waals surface area contributed by atoms with Gasteiger partial charge in [-0.05, 0) is 37.1 Å². The van der Waals surface area contributed by atoms with Crippen LogP contribution in [0.15, 0.2) is 24.3 Å². The number of halogens is 4. The molecule has 1 nitrogen and oxygen atoms in total. The third-order valence-corrected chi connectivity index (χ3v) is 2.31. The molecule has 17 heavy (non-hydrogen) atoms. The lowest BCUT2D eigenvalue weighted by Gasteiger charge is -2.07. The maximum Gasteiger partial charge on any atom is 0.389 e. The molecule has 0 bridgehead atoms. The molecule has 0 fully saturated rings. The average molecular weight is 249 g/mol. The minimum atomic E-state index is -4.06. The van der Waals surface area contributed by atoms with Crippen molar-refractivity contribution in [3.63, 3.8) is 0 Å². The maximum absolute atomic E-state index is 12.6. The molecule has 96 valence electrons. The summed E-state index contributed by atoms with van der Waals surface area (Å²) in [5.41, 5.74) is 0.919. The molecule has 1 aromatic carbocycles. The first-order chi connectivity index (χ1) is 7.97. The number of unbranched alkanes of at least 4 members (excludes halogenated alkanes) is 1. The summed E-state index contributed by atoms with van der Waals surface area (Å²) in [4.78, 5) is 0. The topological polar surface area (TPSA) is 12.0 Å². The Morgan fingerprint density at radius 2 is 1.65 bits per heavy atom. The second-order valence-corrected chi connectivity index (χ2v) is 3.88. The summed E-state index contributed by atoms with van der Waals surface area (Å²) in [6, 6.07) is 6.03. The zero-order valence-corrected chi connectivity index (χ0v) is 9.36. The average Bonchev–Trinajstić information content (AvgIpc) is 2.24. The highest BCUT2D eigenvalue weighted by molar-refractivity contribution is 5.15. The van der Waals surface area contributed by atoms with E-state index in [1.807, 2.05) is 0 Å². The molecule has 0 amide bonds. The Hall–Kier alpha value is -1.10. The predicted molar refractivity (Wildman–Crippen MR) is 58.0 cm³/mol. The van der Waals surface area contributed by atoms with Gasteiger partial charge in [-0.2, -0.15) is 13.2 Å². The minimum absolute atomic E-state index is 0.139. The van der Waals surface area contributed by atoms with Gasteiger partial charge in [-0.1, -0.05) is 12.1 Å². The molecule has 0 saturated heterocycles. The summed E-state index contributed by atoms with van der Waals surface area (Å²) in [6.07, 6.45) is -4.16. The SMILES string of the molecule is Fc1ccc(CNCCCCC(F)(F)F)cc1. The number of hydrogen-bond acceptors (Lipinski definition) is 1. The zero-order chi connectivity index (χ0) is 12.7. The maximum atomic E-state index is 12.6. The largest absolute Gasteiger partial charge is 0.389 e. The van der Waals surface area contributed by atoms with Gasteiger partial charge in [0.25, 0.3) is 0 Å². The molecule has 0 saturated carbocycles. The van der Waals surface area contributed by atoms with Gasteiger partial charge in [0.2, 0.25) is 0 Å². The number of benzene rings is 1. The molecule has 0 atom stereocenters. The highest BCUT2D eigenvalue weighted by Gasteiger charge is 2.25. The van der Waals surface area contributed by atoms with Gasteiger partial charge in [0, 0.05) is 13.0 Å². The Morgan fingerprint density at radius 3 is 2.24 bits per heavy atom. The molecule has 5 heteroatoms. The van der Waals surface area contributed by atoms with Crippen LogP contribution in [0.1, 0.15) is 24.8 Å².